The van der Waals surface area contributed by atoms with Crippen LogP contribution in [0.5, 0.6) is 5.75 Å². The van der Waals surface area contributed by atoms with Gasteiger partial charge >= 0.3 is 0 Å². The number of carbonyl (C=O) groups is 2. The van der Waals surface area contributed by atoms with E-state index in [9.17, 15) is 9.59 Å². The summed E-state index contributed by atoms with van der Waals surface area (Å²) in [5.74, 6) is 0.175. The van der Waals surface area contributed by atoms with E-state index in [1.165, 1.54) is 16.7 Å². The topological polar surface area (TPSA) is 49.9 Å². The van der Waals surface area contributed by atoms with Crippen LogP contribution in [0.2, 0.25) is 0 Å². The number of amides is 2. The van der Waals surface area contributed by atoms with E-state index in [0.29, 0.717) is 22.8 Å². The quantitative estimate of drug-likeness (QED) is 0.626. The lowest BCUT2D eigenvalue weighted by Gasteiger charge is -2.19. The SMILES string of the molecule is CCOc1ccc(C2=C(SC(C)C)C(=O)N(c3cccc(N(C)C)c3)C2=O)cc1. The number of carbonyl (C=O) groups excluding carboxylic acids is 2. The third kappa shape index (κ3) is 4.32. The fourth-order valence-electron chi connectivity index (χ4n) is 3.14. The van der Waals surface area contributed by atoms with E-state index in [4.69, 9.17) is 4.74 Å². The normalized spacial score (nSPS) is 14.2. The third-order valence-corrected chi connectivity index (χ3v) is 5.54. The zero-order chi connectivity index (χ0) is 21.1. The molecule has 0 atom stereocenters. The highest BCUT2D eigenvalue weighted by Gasteiger charge is 2.40. The van der Waals surface area contributed by atoms with Crippen molar-refractivity contribution in [3.63, 3.8) is 0 Å². The Hall–Kier alpha value is -2.73. The van der Waals surface area contributed by atoms with Gasteiger partial charge in [-0.3, -0.25) is 9.59 Å². The number of imide groups is 1. The monoisotopic (exact) mass is 410 g/mol. The minimum Gasteiger partial charge on any atom is -0.494 e. The van der Waals surface area contributed by atoms with E-state index in [1.807, 2.05) is 82.2 Å². The predicted molar refractivity (Wildman–Crippen MR) is 121 cm³/mol. The fraction of sp³-hybridized carbons (Fsp3) is 0.304. The second-order valence-electron chi connectivity index (χ2n) is 7.19. The van der Waals surface area contributed by atoms with Crippen molar-refractivity contribution in [2.24, 2.45) is 0 Å². The standard InChI is InChI=1S/C23H26N2O3S/c1-6-28-19-12-10-16(11-13-19)20-21(29-15(2)3)23(27)25(22(20)26)18-9-7-8-17(14-18)24(4)5/h7-15H,6H2,1-5H3. The van der Waals surface area contributed by atoms with E-state index in [0.717, 1.165) is 17.0 Å². The summed E-state index contributed by atoms with van der Waals surface area (Å²) in [5.41, 5.74) is 2.68. The van der Waals surface area contributed by atoms with Crippen molar-refractivity contribution >= 4 is 40.5 Å². The number of hydrogen-bond donors (Lipinski definition) is 0. The summed E-state index contributed by atoms with van der Waals surface area (Å²) in [4.78, 5) is 30.4. The second kappa shape index (κ2) is 8.74. The molecular formula is C23H26N2O3S. The molecule has 29 heavy (non-hydrogen) atoms. The first-order chi connectivity index (χ1) is 13.8. The van der Waals surface area contributed by atoms with Crippen LogP contribution in [0.1, 0.15) is 26.3 Å². The molecule has 0 spiro atoms. The first kappa shape index (κ1) is 21.0. The molecule has 2 amide bonds. The van der Waals surface area contributed by atoms with Gasteiger partial charge in [-0.05, 0) is 42.8 Å². The second-order valence-corrected chi connectivity index (χ2v) is 8.77. The number of anilines is 2. The predicted octanol–water partition coefficient (Wildman–Crippen LogP) is 4.58. The van der Waals surface area contributed by atoms with Crippen LogP contribution >= 0.6 is 11.8 Å². The Labute approximate surface area is 176 Å². The molecule has 0 radical (unpaired) electrons. The minimum atomic E-state index is -0.293. The zero-order valence-corrected chi connectivity index (χ0v) is 18.2. The zero-order valence-electron chi connectivity index (χ0n) is 17.4. The van der Waals surface area contributed by atoms with Gasteiger partial charge in [0.2, 0.25) is 0 Å². The molecule has 0 unspecified atom stereocenters. The van der Waals surface area contributed by atoms with E-state index >= 15 is 0 Å². The average molecular weight is 411 g/mol. The largest absolute Gasteiger partial charge is 0.494 e. The molecule has 0 saturated heterocycles. The summed E-state index contributed by atoms with van der Waals surface area (Å²) in [6, 6.07) is 14.8. The Balaban J connectivity index is 2.04. The lowest BCUT2D eigenvalue weighted by molar-refractivity contribution is -0.119. The highest BCUT2D eigenvalue weighted by molar-refractivity contribution is 8.04. The molecule has 1 aliphatic heterocycles. The molecule has 152 valence electrons. The molecule has 0 saturated carbocycles. The molecule has 0 N–H and O–H groups in total. The molecule has 2 aromatic carbocycles. The van der Waals surface area contributed by atoms with E-state index in [-0.39, 0.29) is 17.1 Å². The van der Waals surface area contributed by atoms with Gasteiger partial charge in [0.15, 0.2) is 0 Å². The molecule has 3 rings (SSSR count). The maximum absolute atomic E-state index is 13.4. The lowest BCUT2D eigenvalue weighted by atomic mass is 10.1. The summed E-state index contributed by atoms with van der Waals surface area (Å²) in [7, 11) is 3.85. The van der Waals surface area contributed by atoms with Gasteiger partial charge in [0.1, 0.15) is 5.75 Å². The summed E-state index contributed by atoms with van der Waals surface area (Å²) in [6.45, 7) is 6.53. The molecule has 1 heterocycles. The molecule has 6 heteroatoms. The first-order valence-electron chi connectivity index (χ1n) is 9.63. The Morgan fingerprint density at radius 3 is 2.31 bits per heavy atom. The van der Waals surface area contributed by atoms with Crippen LogP contribution in [-0.4, -0.2) is 37.8 Å². The Bertz CT molecular complexity index is 949. The fourth-order valence-corrected chi connectivity index (χ4v) is 4.13. The highest BCUT2D eigenvalue weighted by atomic mass is 32.2. The van der Waals surface area contributed by atoms with Crippen molar-refractivity contribution in [3.05, 3.63) is 59.0 Å². The van der Waals surface area contributed by atoms with Gasteiger partial charge in [0.05, 0.1) is 22.8 Å². The summed E-state index contributed by atoms with van der Waals surface area (Å²) in [6.07, 6.45) is 0. The number of hydrogen-bond acceptors (Lipinski definition) is 5. The van der Waals surface area contributed by atoms with Crippen LogP contribution in [0.3, 0.4) is 0 Å². The summed E-state index contributed by atoms with van der Waals surface area (Å²) < 4.78 is 5.50. The van der Waals surface area contributed by atoms with Crippen molar-refractivity contribution < 1.29 is 14.3 Å². The highest BCUT2D eigenvalue weighted by Crippen LogP contribution is 2.40. The van der Waals surface area contributed by atoms with E-state index in [1.54, 1.807) is 6.07 Å². The van der Waals surface area contributed by atoms with E-state index in [2.05, 4.69) is 0 Å². The molecular weight excluding hydrogens is 384 g/mol. The summed E-state index contributed by atoms with van der Waals surface area (Å²) in [5, 5.41) is 0.174. The third-order valence-electron chi connectivity index (χ3n) is 4.45. The van der Waals surface area contributed by atoms with Crippen molar-refractivity contribution in [1.29, 1.82) is 0 Å². The maximum atomic E-state index is 13.4. The number of ether oxygens (including phenoxy) is 1. The van der Waals surface area contributed by atoms with Crippen molar-refractivity contribution in [1.82, 2.24) is 0 Å². The van der Waals surface area contributed by atoms with Gasteiger partial charge in [-0.1, -0.05) is 32.0 Å². The maximum Gasteiger partial charge on any atom is 0.272 e. The van der Waals surface area contributed by atoms with Crippen LogP contribution in [0, 0.1) is 0 Å². The van der Waals surface area contributed by atoms with E-state index < -0.39 is 0 Å². The van der Waals surface area contributed by atoms with Crippen molar-refractivity contribution in [2.45, 2.75) is 26.0 Å². The van der Waals surface area contributed by atoms with Crippen LogP contribution < -0.4 is 14.5 Å². The van der Waals surface area contributed by atoms with Gasteiger partial charge in [0.25, 0.3) is 11.8 Å². The van der Waals surface area contributed by atoms with Gasteiger partial charge < -0.3 is 9.64 Å². The molecule has 0 aromatic heterocycles. The number of thioether (sulfide) groups is 1. The van der Waals surface area contributed by atoms with Gasteiger partial charge in [-0.25, -0.2) is 4.90 Å². The minimum absolute atomic E-state index is 0.174. The average Bonchev–Trinajstić information content (AvgIpc) is 2.92. The summed E-state index contributed by atoms with van der Waals surface area (Å²) >= 11 is 1.43. The lowest BCUT2D eigenvalue weighted by Crippen LogP contribution is -2.31. The van der Waals surface area contributed by atoms with Crippen molar-refractivity contribution in [3.8, 4) is 5.75 Å². The van der Waals surface area contributed by atoms with Crippen LogP contribution in [-0.2, 0) is 9.59 Å². The van der Waals surface area contributed by atoms with Crippen molar-refractivity contribution in [2.75, 3.05) is 30.5 Å². The first-order valence-corrected chi connectivity index (χ1v) is 10.5. The number of rotatable bonds is 7. The molecule has 0 fully saturated rings. The smallest absolute Gasteiger partial charge is 0.272 e. The Morgan fingerprint density at radius 2 is 1.72 bits per heavy atom. The van der Waals surface area contributed by atoms with Gasteiger partial charge in [-0.15, -0.1) is 11.8 Å². The Morgan fingerprint density at radius 1 is 1.03 bits per heavy atom. The van der Waals surface area contributed by atoms with Crippen LogP contribution in [0.4, 0.5) is 11.4 Å². The van der Waals surface area contributed by atoms with Crippen LogP contribution in [0.25, 0.3) is 5.57 Å². The number of benzene rings is 2. The van der Waals surface area contributed by atoms with Gasteiger partial charge in [-0.2, -0.15) is 0 Å². The van der Waals surface area contributed by atoms with Gasteiger partial charge in [0, 0.05) is 25.0 Å². The molecule has 2 aromatic rings. The number of nitrogens with zero attached hydrogens (tertiary/aromatic N) is 2. The molecule has 0 bridgehead atoms. The Kier molecular flexibility index (Phi) is 6.33. The molecule has 1 aliphatic rings. The molecule has 5 nitrogen and oxygen atoms in total. The molecule has 0 aliphatic carbocycles. The van der Waals surface area contributed by atoms with Crippen LogP contribution in [0.15, 0.2) is 53.4 Å².